The number of likely N-dealkylation sites (tertiary alicyclic amines) is 1. The van der Waals surface area contributed by atoms with Gasteiger partial charge in [-0.15, -0.1) is 0 Å². The summed E-state index contributed by atoms with van der Waals surface area (Å²) in [6.45, 7) is 4.89. The molecule has 2 aromatic carbocycles. The monoisotopic (exact) mass is 453 g/mol. The van der Waals surface area contributed by atoms with Gasteiger partial charge in [-0.05, 0) is 48.0 Å². The number of carbonyl (C=O) groups excluding carboxylic acids is 3. The van der Waals surface area contributed by atoms with Crippen molar-refractivity contribution in [1.82, 2.24) is 10.2 Å². The molecule has 0 unspecified atom stereocenters. The van der Waals surface area contributed by atoms with Crippen LogP contribution in [0.15, 0.2) is 66.2 Å². The number of nitrogen functional groups attached to an aromatic ring is 1. The van der Waals surface area contributed by atoms with Crippen molar-refractivity contribution in [3.63, 3.8) is 0 Å². The average molecular weight is 454 g/mol. The molecule has 1 saturated heterocycles. The molecular weight excluding hydrogens is 422 g/mol. The van der Waals surface area contributed by atoms with Crippen LogP contribution in [0.25, 0.3) is 0 Å². The number of nitrogens with two attached hydrogens (primary N) is 3. The Morgan fingerprint density at radius 1 is 1.09 bits per heavy atom. The van der Waals surface area contributed by atoms with Gasteiger partial charge in [0.2, 0.25) is 5.91 Å². The number of amides is 4. The number of nitrogens with one attached hydrogen (secondary N) is 2. The molecule has 8 N–H and O–H groups in total. The van der Waals surface area contributed by atoms with E-state index in [-0.39, 0.29) is 11.8 Å². The summed E-state index contributed by atoms with van der Waals surface area (Å²) >= 11 is 0. The third-order valence-corrected chi connectivity index (χ3v) is 4.57. The average Bonchev–Trinajstić information content (AvgIpc) is 2.79. The number of anilines is 2. The van der Waals surface area contributed by atoms with Gasteiger partial charge in [-0.25, -0.2) is 4.79 Å². The molecule has 33 heavy (non-hydrogen) atoms. The van der Waals surface area contributed by atoms with E-state index in [2.05, 4.69) is 22.2 Å². The molecule has 0 atom stereocenters. The highest BCUT2D eigenvalue weighted by Crippen LogP contribution is 2.27. The van der Waals surface area contributed by atoms with Gasteiger partial charge in [0.25, 0.3) is 5.91 Å². The molecule has 0 bridgehead atoms. The predicted octanol–water partition coefficient (Wildman–Crippen LogP) is 1.52. The third kappa shape index (κ3) is 9.13. The van der Waals surface area contributed by atoms with Crippen LogP contribution in [0.4, 0.5) is 16.2 Å². The number of carbonyl (C=O) groups is 3. The largest absolute Gasteiger partial charge is 0.399 e. The van der Waals surface area contributed by atoms with Crippen molar-refractivity contribution in [2.24, 2.45) is 16.5 Å². The number of benzene rings is 2. The van der Waals surface area contributed by atoms with Crippen molar-refractivity contribution in [1.29, 1.82) is 0 Å². The highest BCUT2D eigenvalue weighted by Gasteiger charge is 2.30. The van der Waals surface area contributed by atoms with Crippen molar-refractivity contribution in [3.8, 4) is 0 Å². The maximum absolute atomic E-state index is 11.3. The molecule has 1 aliphatic heterocycles. The van der Waals surface area contributed by atoms with Crippen LogP contribution < -0.4 is 27.8 Å². The summed E-state index contributed by atoms with van der Waals surface area (Å²) in [7, 11) is 3.22. The van der Waals surface area contributed by atoms with Gasteiger partial charge in [-0.3, -0.25) is 14.6 Å². The molecule has 10 nitrogen and oxygen atoms in total. The van der Waals surface area contributed by atoms with E-state index in [0.29, 0.717) is 35.9 Å². The molecule has 2 aromatic rings. The lowest BCUT2D eigenvalue weighted by Gasteiger charge is -2.39. The van der Waals surface area contributed by atoms with E-state index in [0.717, 1.165) is 5.56 Å². The second-order valence-corrected chi connectivity index (χ2v) is 6.86. The number of hydrogen-bond donors (Lipinski definition) is 5. The van der Waals surface area contributed by atoms with Gasteiger partial charge in [0.05, 0.1) is 6.34 Å². The molecule has 1 aliphatic rings. The fourth-order valence-corrected chi connectivity index (χ4v) is 2.76. The Kier molecular flexibility index (Phi) is 11.2. The molecule has 0 spiro atoms. The van der Waals surface area contributed by atoms with E-state index in [4.69, 9.17) is 17.2 Å². The first-order chi connectivity index (χ1) is 15.7. The van der Waals surface area contributed by atoms with Crippen LogP contribution in [-0.2, 0) is 4.79 Å². The number of primary amides is 1. The minimum Gasteiger partial charge on any atom is -0.399 e. The zero-order valence-electron chi connectivity index (χ0n) is 18.8. The van der Waals surface area contributed by atoms with Crippen LogP contribution in [0, 0.1) is 0 Å². The fraction of sp³-hybridized carbons (Fsp3) is 0.217. The summed E-state index contributed by atoms with van der Waals surface area (Å²) in [5, 5.41) is 5.03. The predicted molar refractivity (Wildman–Crippen MR) is 132 cm³/mol. The number of hydrogen-bond acceptors (Lipinski definition) is 5. The quantitative estimate of drug-likeness (QED) is 0.204. The Morgan fingerprint density at radius 3 is 2.06 bits per heavy atom. The van der Waals surface area contributed by atoms with Gasteiger partial charge in [0.1, 0.15) is 0 Å². The molecule has 4 amide bonds. The number of aliphatic imine (C=N–C) groups is 1. The summed E-state index contributed by atoms with van der Waals surface area (Å²) in [5.41, 5.74) is 18.3. The third-order valence-electron chi connectivity index (χ3n) is 4.57. The molecule has 0 aromatic heterocycles. The van der Waals surface area contributed by atoms with Crippen LogP contribution in [0.3, 0.4) is 0 Å². The first-order valence-electron chi connectivity index (χ1n) is 10.0. The molecule has 1 fully saturated rings. The van der Waals surface area contributed by atoms with E-state index < -0.39 is 6.03 Å². The first-order valence-corrected chi connectivity index (χ1v) is 10.0. The Morgan fingerprint density at radius 2 is 1.64 bits per heavy atom. The number of urea groups is 1. The zero-order chi connectivity index (χ0) is 24.8. The normalized spacial score (nSPS) is 12.2. The number of rotatable bonds is 4. The Labute approximate surface area is 193 Å². The maximum atomic E-state index is 11.3. The Hall–Kier alpha value is -4.34. The minimum atomic E-state index is -0.575. The molecular formula is C23H31N7O3. The van der Waals surface area contributed by atoms with Crippen molar-refractivity contribution in [3.05, 3.63) is 72.3 Å². The van der Waals surface area contributed by atoms with Crippen LogP contribution >= 0.6 is 0 Å². The van der Waals surface area contributed by atoms with Crippen LogP contribution in [0.5, 0.6) is 0 Å². The molecule has 0 saturated carbocycles. The van der Waals surface area contributed by atoms with Crippen LogP contribution in [0.1, 0.15) is 21.8 Å². The zero-order valence-corrected chi connectivity index (χ0v) is 18.8. The van der Waals surface area contributed by atoms with E-state index in [1.165, 1.54) is 12.4 Å². The van der Waals surface area contributed by atoms with Gasteiger partial charge >= 0.3 is 6.03 Å². The van der Waals surface area contributed by atoms with Gasteiger partial charge < -0.3 is 32.7 Å². The van der Waals surface area contributed by atoms with E-state index in [1.54, 1.807) is 55.4 Å². The van der Waals surface area contributed by atoms with Crippen molar-refractivity contribution in [2.75, 3.05) is 38.2 Å². The molecule has 10 heteroatoms. The summed E-state index contributed by atoms with van der Waals surface area (Å²) in [6, 6.07) is 13.7. The molecule has 176 valence electrons. The minimum absolute atomic E-state index is 0.0294. The molecule has 3 rings (SSSR count). The summed E-state index contributed by atoms with van der Waals surface area (Å²) < 4.78 is 0. The van der Waals surface area contributed by atoms with Crippen LogP contribution in [0.2, 0.25) is 0 Å². The lowest BCUT2D eigenvalue weighted by Crippen LogP contribution is -2.47. The molecule has 0 aliphatic carbocycles. The first kappa shape index (κ1) is 26.7. The summed E-state index contributed by atoms with van der Waals surface area (Å²) in [6.07, 6.45) is 2.58. The standard InChI is InChI=1S/C13H15N3O2.C8H10N2O.C2H6N2/c1-2-12(17)16-7-10(8-16)9-3-5-11(6-4-9)15-13(14)18;1-10-8(11)6-2-4-7(9)5-3-6;1-4-2-3/h2-6,10H,1,7-8H2,(H3,14,15,18);2-5H,9H2,1H3,(H,10,11);2H,1H3,(H2,3,4). The second-order valence-electron chi connectivity index (χ2n) is 6.86. The van der Waals surface area contributed by atoms with Crippen molar-refractivity contribution in [2.45, 2.75) is 5.92 Å². The lowest BCUT2D eigenvalue weighted by atomic mass is 9.91. The SMILES string of the molecule is C=CC(=O)N1CC(c2ccc(NC(N)=O)cc2)C1.CN=CN.CNC(=O)c1ccc(N)cc1. The summed E-state index contributed by atoms with van der Waals surface area (Å²) in [4.78, 5) is 38.1. The molecule has 0 radical (unpaired) electrons. The maximum Gasteiger partial charge on any atom is 0.316 e. The van der Waals surface area contributed by atoms with Gasteiger partial charge in [0.15, 0.2) is 0 Å². The highest BCUT2D eigenvalue weighted by molar-refractivity contribution is 5.94. The van der Waals surface area contributed by atoms with Crippen LogP contribution in [-0.4, -0.2) is 56.3 Å². The number of nitrogens with zero attached hydrogens (tertiary/aromatic N) is 2. The second kappa shape index (κ2) is 13.9. The van der Waals surface area contributed by atoms with E-state index in [9.17, 15) is 14.4 Å². The smallest absolute Gasteiger partial charge is 0.316 e. The Bertz CT molecular complexity index is 947. The highest BCUT2D eigenvalue weighted by atomic mass is 16.2. The van der Waals surface area contributed by atoms with E-state index in [1.807, 2.05) is 12.1 Å². The fourth-order valence-electron chi connectivity index (χ4n) is 2.76. The van der Waals surface area contributed by atoms with Crippen molar-refractivity contribution < 1.29 is 14.4 Å². The van der Waals surface area contributed by atoms with Crippen molar-refractivity contribution >= 4 is 35.6 Å². The molecule has 1 heterocycles. The van der Waals surface area contributed by atoms with E-state index >= 15 is 0 Å². The lowest BCUT2D eigenvalue weighted by molar-refractivity contribution is -0.130. The van der Waals surface area contributed by atoms with Gasteiger partial charge in [-0.1, -0.05) is 18.7 Å². The van der Waals surface area contributed by atoms with Gasteiger partial charge in [-0.2, -0.15) is 0 Å². The Balaban J connectivity index is 0.000000309. The summed E-state index contributed by atoms with van der Waals surface area (Å²) in [5.74, 6) is 0.236. The van der Waals surface area contributed by atoms with Gasteiger partial charge in [0, 0.05) is 50.0 Å². The topological polar surface area (TPSA) is 169 Å².